The predicted molar refractivity (Wildman–Crippen MR) is 90.5 cm³/mol. The monoisotopic (exact) mass is 320 g/mol. The van der Waals surface area contributed by atoms with Gasteiger partial charge in [0, 0.05) is 5.38 Å². The van der Waals surface area contributed by atoms with Crippen LogP contribution < -0.4 is 16.8 Å². The Kier molecular flexibility index (Phi) is 5.18. The third-order valence-corrected chi connectivity index (χ3v) is 3.74. The number of pyridine rings is 1. The number of aliphatic imine (C=N–C) groups is 1. The second kappa shape index (κ2) is 7.09. The van der Waals surface area contributed by atoms with Crippen molar-refractivity contribution in [3.63, 3.8) is 0 Å². The van der Waals surface area contributed by atoms with Crippen LogP contribution in [0, 0.1) is 0 Å². The molecule has 0 aliphatic heterocycles. The normalized spacial score (nSPS) is 10.1. The van der Waals surface area contributed by atoms with E-state index in [-0.39, 0.29) is 5.96 Å². The summed E-state index contributed by atoms with van der Waals surface area (Å²) in [6, 6.07) is 5.78. The average Bonchev–Trinajstić information content (AvgIpc) is 2.92. The van der Waals surface area contributed by atoms with E-state index in [4.69, 9.17) is 23.7 Å². The first-order chi connectivity index (χ1) is 10.1. The first kappa shape index (κ1) is 15.3. The molecule has 2 aromatic rings. The first-order valence-electron chi connectivity index (χ1n) is 6.36. The van der Waals surface area contributed by atoms with Crippen LogP contribution in [-0.4, -0.2) is 20.9 Å². The molecule has 0 radical (unpaired) electrons. The van der Waals surface area contributed by atoms with Crippen LogP contribution in [0.1, 0.15) is 19.0 Å². The summed E-state index contributed by atoms with van der Waals surface area (Å²) in [4.78, 5) is 13.6. The van der Waals surface area contributed by atoms with E-state index in [1.807, 2.05) is 30.5 Å². The summed E-state index contributed by atoms with van der Waals surface area (Å²) in [7, 11) is 0. The zero-order valence-electron chi connectivity index (χ0n) is 11.5. The first-order valence-corrected chi connectivity index (χ1v) is 7.65. The maximum absolute atomic E-state index is 5.34. The molecule has 2 aromatic heterocycles. The Balaban J connectivity index is 2.15. The molecule has 0 spiro atoms. The summed E-state index contributed by atoms with van der Waals surface area (Å²) in [6.07, 6.45) is 0.822. The van der Waals surface area contributed by atoms with Crippen molar-refractivity contribution in [1.82, 2.24) is 15.3 Å². The molecule has 0 aromatic carbocycles. The summed E-state index contributed by atoms with van der Waals surface area (Å²) >= 11 is 6.50. The van der Waals surface area contributed by atoms with Crippen LogP contribution in [0.3, 0.4) is 0 Å². The fraction of sp³-hybridized carbons (Fsp3) is 0.231. The third kappa shape index (κ3) is 4.47. The van der Waals surface area contributed by atoms with Gasteiger partial charge in [0.15, 0.2) is 5.96 Å². The fourth-order valence-corrected chi connectivity index (χ4v) is 2.35. The number of nitrogens with zero attached hydrogens (tertiary/aromatic N) is 3. The van der Waals surface area contributed by atoms with Crippen LogP contribution in [0.25, 0.3) is 11.4 Å². The van der Waals surface area contributed by atoms with Crippen molar-refractivity contribution < 1.29 is 0 Å². The number of thiocarbonyl (C=S) groups is 1. The van der Waals surface area contributed by atoms with Crippen molar-refractivity contribution >= 4 is 39.6 Å². The Morgan fingerprint density at radius 1 is 1.33 bits per heavy atom. The van der Waals surface area contributed by atoms with Gasteiger partial charge in [0.2, 0.25) is 5.13 Å². The number of hydrogen-bond donors (Lipinski definition) is 3. The molecule has 5 N–H and O–H groups in total. The van der Waals surface area contributed by atoms with Crippen LogP contribution in [0.15, 0.2) is 28.6 Å². The molecule has 2 heterocycles. The molecule has 0 amide bonds. The molecule has 0 fully saturated rings. The molecular formula is C13H16N6S2. The zero-order chi connectivity index (χ0) is 15.2. The fourth-order valence-electron chi connectivity index (χ4n) is 1.58. The topological polar surface area (TPSA) is 102 Å². The van der Waals surface area contributed by atoms with Crippen molar-refractivity contribution in [3.8, 4) is 11.4 Å². The standard InChI is InChI=1S/C13H16N6S2/c1-2-11(20)16-6-8-4-3-5-9(17-8)10-7-21-13(18-10)19-12(14)15/h3-5,7H,2,6H2,1H3,(H,16,20)(H4,14,15,18,19). The summed E-state index contributed by atoms with van der Waals surface area (Å²) in [5, 5.41) is 5.54. The Hall–Kier alpha value is -2.06. The van der Waals surface area contributed by atoms with Gasteiger partial charge in [0.1, 0.15) is 5.69 Å². The smallest absolute Gasteiger partial charge is 0.212 e. The molecule has 0 aliphatic carbocycles. The molecule has 110 valence electrons. The molecule has 0 unspecified atom stereocenters. The summed E-state index contributed by atoms with van der Waals surface area (Å²) in [6.45, 7) is 2.62. The van der Waals surface area contributed by atoms with Gasteiger partial charge in [-0.2, -0.15) is 4.99 Å². The largest absolute Gasteiger partial charge is 0.374 e. The SMILES string of the molecule is CCC(=S)NCc1cccc(-c2csc(N=C(N)N)n2)n1. The zero-order valence-corrected chi connectivity index (χ0v) is 13.2. The van der Waals surface area contributed by atoms with Crippen LogP contribution in [-0.2, 0) is 6.54 Å². The molecule has 0 bridgehead atoms. The number of nitrogens with two attached hydrogens (primary N) is 2. The summed E-state index contributed by atoms with van der Waals surface area (Å²) < 4.78 is 0. The minimum atomic E-state index is -0.00473. The van der Waals surface area contributed by atoms with E-state index in [9.17, 15) is 0 Å². The maximum Gasteiger partial charge on any atom is 0.212 e. The Bertz CT molecular complexity index is 660. The lowest BCUT2D eigenvalue weighted by Crippen LogP contribution is -2.21. The van der Waals surface area contributed by atoms with Crippen LogP contribution in [0.5, 0.6) is 0 Å². The van der Waals surface area contributed by atoms with Gasteiger partial charge < -0.3 is 16.8 Å². The molecule has 21 heavy (non-hydrogen) atoms. The van der Waals surface area contributed by atoms with Gasteiger partial charge in [0.05, 0.1) is 22.9 Å². The van der Waals surface area contributed by atoms with Gasteiger partial charge in [-0.05, 0) is 18.6 Å². The summed E-state index contributed by atoms with van der Waals surface area (Å²) in [5.41, 5.74) is 13.1. The van der Waals surface area contributed by atoms with Gasteiger partial charge in [0.25, 0.3) is 0 Å². The highest BCUT2D eigenvalue weighted by atomic mass is 32.1. The van der Waals surface area contributed by atoms with Crippen molar-refractivity contribution in [2.45, 2.75) is 19.9 Å². The van der Waals surface area contributed by atoms with E-state index in [1.165, 1.54) is 11.3 Å². The van der Waals surface area contributed by atoms with Crippen molar-refractivity contribution in [2.75, 3.05) is 0 Å². The lowest BCUT2D eigenvalue weighted by molar-refractivity contribution is 0.870. The molecule has 0 aliphatic rings. The van der Waals surface area contributed by atoms with E-state index >= 15 is 0 Å². The predicted octanol–water partition coefficient (Wildman–Crippen LogP) is 1.94. The van der Waals surface area contributed by atoms with Gasteiger partial charge in [-0.15, -0.1) is 11.3 Å². The van der Waals surface area contributed by atoms with Crippen LogP contribution in [0.2, 0.25) is 0 Å². The second-order valence-corrected chi connectivity index (χ2v) is 5.53. The highest BCUT2D eigenvalue weighted by Gasteiger charge is 2.06. The minimum absolute atomic E-state index is 0.00473. The van der Waals surface area contributed by atoms with Gasteiger partial charge in [-0.1, -0.05) is 25.2 Å². The molecule has 0 atom stereocenters. The molecule has 0 saturated heterocycles. The Morgan fingerprint density at radius 3 is 2.86 bits per heavy atom. The average molecular weight is 320 g/mol. The summed E-state index contributed by atoms with van der Waals surface area (Å²) in [5.74, 6) is -0.00473. The second-order valence-electron chi connectivity index (χ2n) is 4.20. The van der Waals surface area contributed by atoms with E-state index < -0.39 is 0 Å². The molecular weight excluding hydrogens is 304 g/mol. The number of nitrogens with one attached hydrogen (secondary N) is 1. The van der Waals surface area contributed by atoms with Gasteiger partial charge >= 0.3 is 0 Å². The lowest BCUT2D eigenvalue weighted by atomic mass is 10.2. The third-order valence-electron chi connectivity index (χ3n) is 2.57. The van der Waals surface area contributed by atoms with E-state index in [2.05, 4.69) is 20.3 Å². The van der Waals surface area contributed by atoms with Crippen LogP contribution in [0.4, 0.5) is 5.13 Å². The highest BCUT2D eigenvalue weighted by molar-refractivity contribution is 7.80. The molecule has 6 nitrogen and oxygen atoms in total. The number of rotatable bonds is 5. The van der Waals surface area contributed by atoms with E-state index in [1.54, 1.807) is 0 Å². The molecule has 0 saturated carbocycles. The van der Waals surface area contributed by atoms with Gasteiger partial charge in [-0.3, -0.25) is 0 Å². The minimum Gasteiger partial charge on any atom is -0.374 e. The van der Waals surface area contributed by atoms with Crippen molar-refractivity contribution in [2.24, 2.45) is 16.5 Å². The Morgan fingerprint density at radius 2 is 2.14 bits per heavy atom. The number of aromatic nitrogens is 2. The maximum atomic E-state index is 5.34. The number of hydrogen-bond acceptors (Lipinski definition) is 5. The molecule has 2 rings (SSSR count). The van der Waals surface area contributed by atoms with Crippen LogP contribution >= 0.6 is 23.6 Å². The number of guanidine groups is 1. The van der Waals surface area contributed by atoms with E-state index in [0.717, 1.165) is 28.5 Å². The lowest BCUT2D eigenvalue weighted by Gasteiger charge is -2.06. The Labute approximate surface area is 132 Å². The highest BCUT2D eigenvalue weighted by Crippen LogP contribution is 2.25. The van der Waals surface area contributed by atoms with E-state index in [0.29, 0.717) is 11.7 Å². The van der Waals surface area contributed by atoms with Gasteiger partial charge in [-0.25, -0.2) is 9.97 Å². The van der Waals surface area contributed by atoms with Crippen molar-refractivity contribution in [3.05, 3.63) is 29.3 Å². The number of thiazole rings is 1. The van der Waals surface area contributed by atoms with Crippen molar-refractivity contribution in [1.29, 1.82) is 0 Å². The quantitative estimate of drug-likeness (QED) is 0.442. The molecule has 8 heteroatoms.